The largest absolute Gasteiger partial charge is 0.488 e. The van der Waals surface area contributed by atoms with Crippen molar-refractivity contribution in [3.05, 3.63) is 42.0 Å². The van der Waals surface area contributed by atoms with E-state index < -0.39 is 13.1 Å². The summed E-state index contributed by atoms with van der Waals surface area (Å²) in [6.07, 6.45) is 0. The fourth-order valence-electron chi connectivity index (χ4n) is 1.56. The van der Waals surface area contributed by atoms with Crippen LogP contribution in [0.25, 0.3) is 10.8 Å². The van der Waals surface area contributed by atoms with Gasteiger partial charge in [-0.15, -0.1) is 0 Å². The van der Waals surface area contributed by atoms with Gasteiger partial charge in [-0.2, -0.15) is 0 Å². The quantitative estimate of drug-likeness (QED) is 0.627. The lowest BCUT2D eigenvalue weighted by atomic mass is 9.79. The lowest BCUT2D eigenvalue weighted by Crippen LogP contribution is -2.29. The van der Waals surface area contributed by atoms with Crippen LogP contribution in [0.2, 0.25) is 0 Å². The minimum atomic E-state index is -1.54. The molecule has 0 fully saturated rings. The summed E-state index contributed by atoms with van der Waals surface area (Å²) in [6, 6.07) is 9.57. The Labute approximate surface area is 91.9 Å². The summed E-state index contributed by atoms with van der Waals surface area (Å²) in [5.41, 5.74) is 0.520. The van der Waals surface area contributed by atoms with Gasteiger partial charge in [0.15, 0.2) is 0 Å². The van der Waals surface area contributed by atoms with E-state index in [1.54, 1.807) is 24.3 Å². The highest BCUT2D eigenvalue weighted by molar-refractivity contribution is 6.58. The van der Waals surface area contributed by atoms with Crippen molar-refractivity contribution in [1.82, 2.24) is 0 Å². The molecule has 0 aromatic heterocycles. The number of carboxylic acid groups (broad SMARTS) is 1. The minimum Gasteiger partial charge on any atom is -0.478 e. The van der Waals surface area contributed by atoms with E-state index in [2.05, 4.69) is 0 Å². The number of hydrogen-bond acceptors (Lipinski definition) is 3. The number of rotatable bonds is 2. The molecule has 3 N–H and O–H groups in total. The molecule has 0 saturated carbocycles. The number of carbonyl (C=O) groups is 1. The number of fused-ring (bicyclic) bond motifs is 1. The molecule has 0 amide bonds. The first-order chi connectivity index (χ1) is 7.58. The number of aromatic carboxylic acids is 1. The monoisotopic (exact) mass is 216 g/mol. The Bertz CT molecular complexity index is 551. The van der Waals surface area contributed by atoms with E-state index in [4.69, 9.17) is 15.2 Å². The Kier molecular flexibility index (Phi) is 2.64. The van der Waals surface area contributed by atoms with Crippen LogP contribution in [0.4, 0.5) is 0 Å². The molecule has 0 aliphatic carbocycles. The average Bonchev–Trinajstić information content (AvgIpc) is 2.27. The number of benzene rings is 2. The first-order valence-electron chi connectivity index (χ1n) is 4.71. The van der Waals surface area contributed by atoms with Crippen LogP contribution >= 0.6 is 0 Å². The molecule has 0 unspecified atom stereocenters. The normalized spacial score (nSPS) is 10.4. The van der Waals surface area contributed by atoms with E-state index >= 15 is 0 Å². The predicted molar refractivity (Wildman–Crippen MR) is 60.7 cm³/mol. The van der Waals surface area contributed by atoms with Crippen molar-refractivity contribution < 1.29 is 19.9 Å². The summed E-state index contributed by atoms with van der Waals surface area (Å²) >= 11 is 0. The maximum absolute atomic E-state index is 10.8. The van der Waals surface area contributed by atoms with Gasteiger partial charge in [0.25, 0.3) is 0 Å². The topological polar surface area (TPSA) is 77.8 Å². The zero-order chi connectivity index (χ0) is 11.7. The van der Waals surface area contributed by atoms with Crippen molar-refractivity contribution in [3.8, 4) is 0 Å². The van der Waals surface area contributed by atoms with E-state index in [9.17, 15) is 4.79 Å². The van der Waals surface area contributed by atoms with Gasteiger partial charge < -0.3 is 15.2 Å². The van der Waals surface area contributed by atoms with E-state index in [1.807, 2.05) is 0 Å². The molecule has 16 heavy (non-hydrogen) atoms. The summed E-state index contributed by atoms with van der Waals surface area (Å²) in [6.45, 7) is 0. The highest BCUT2D eigenvalue weighted by Gasteiger charge is 2.11. The van der Waals surface area contributed by atoms with Crippen LogP contribution < -0.4 is 5.46 Å². The summed E-state index contributed by atoms with van der Waals surface area (Å²) in [7, 11) is -1.54. The Hall–Kier alpha value is -1.85. The summed E-state index contributed by atoms with van der Waals surface area (Å²) in [5.74, 6) is -1.00. The molecule has 0 heterocycles. The lowest BCUT2D eigenvalue weighted by molar-refractivity contribution is 0.0697. The fraction of sp³-hybridized carbons (Fsp3) is 0. The highest BCUT2D eigenvalue weighted by Crippen LogP contribution is 2.14. The van der Waals surface area contributed by atoms with Gasteiger partial charge in [0.2, 0.25) is 0 Å². The standard InChI is InChI=1S/C11H9BO4/c13-11(14)8-2-1-7-3-4-10(12(15)16)6-9(7)5-8/h1-6,15-16H,(H,13,14). The predicted octanol–water partition coefficient (Wildman–Crippen LogP) is 0.218. The number of carboxylic acids is 1. The molecule has 2 rings (SSSR count). The molecule has 0 aliphatic heterocycles. The van der Waals surface area contributed by atoms with Crippen LogP contribution in [0.5, 0.6) is 0 Å². The van der Waals surface area contributed by atoms with Crippen molar-refractivity contribution in [2.45, 2.75) is 0 Å². The Morgan fingerprint density at radius 3 is 2.31 bits per heavy atom. The molecule has 0 saturated heterocycles. The smallest absolute Gasteiger partial charge is 0.478 e. The van der Waals surface area contributed by atoms with Crippen LogP contribution in [0.15, 0.2) is 36.4 Å². The molecular weight excluding hydrogens is 207 g/mol. The molecule has 2 aromatic rings. The maximum atomic E-state index is 10.8. The molecule has 0 atom stereocenters. The van der Waals surface area contributed by atoms with Crippen molar-refractivity contribution >= 4 is 29.3 Å². The average molecular weight is 216 g/mol. The minimum absolute atomic E-state index is 0.178. The van der Waals surface area contributed by atoms with Crippen LogP contribution in [0.3, 0.4) is 0 Å². The Balaban J connectivity index is 2.61. The SMILES string of the molecule is O=C(O)c1ccc2ccc(B(O)O)cc2c1. The van der Waals surface area contributed by atoms with Gasteiger partial charge in [-0.1, -0.05) is 24.3 Å². The second-order valence-electron chi connectivity index (χ2n) is 3.50. The molecule has 80 valence electrons. The van der Waals surface area contributed by atoms with Gasteiger partial charge in [-0.05, 0) is 28.4 Å². The molecule has 0 aliphatic rings. The van der Waals surface area contributed by atoms with E-state index in [0.717, 1.165) is 5.39 Å². The van der Waals surface area contributed by atoms with E-state index in [1.165, 1.54) is 12.1 Å². The second-order valence-corrected chi connectivity index (χ2v) is 3.50. The highest BCUT2D eigenvalue weighted by atomic mass is 16.4. The summed E-state index contributed by atoms with van der Waals surface area (Å²) in [4.78, 5) is 10.8. The van der Waals surface area contributed by atoms with E-state index in [-0.39, 0.29) is 5.56 Å². The molecule has 2 aromatic carbocycles. The van der Waals surface area contributed by atoms with Crippen LogP contribution in [-0.4, -0.2) is 28.2 Å². The zero-order valence-electron chi connectivity index (χ0n) is 8.29. The third kappa shape index (κ3) is 1.91. The molecular formula is C11H9BO4. The van der Waals surface area contributed by atoms with Gasteiger partial charge in [0.1, 0.15) is 0 Å². The molecule has 5 heteroatoms. The summed E-state index contributed by atoms with van der Waals surface area (Å²) < 4.78 is 0. The Morgan fingerprint density at radius 1 is 1.00 bits per heavy atom. The lowest BCUT2D eigenvalue weighted by Gasteiger charge is -2.03. The third-order valence-corrected chi connectivity index (χ3v) is 2.41. The number of hydrogen-bond donors (Lipinski definition) is 3. The first-order valence-corrected chi connectivity index (χ1v) is 4.71. The third-order valence-electron chi connectivity index (χ3n) is 2.41. The van der Waals surface area contributed by atoms with Gasteiger partial charge in [0.05, 0.1) is 5.56 Å². The van der Waals surface area contributed by atoms with Crippen molar-refractivity contribution in [2.24, 2.45) is 0 Å². The first kappa shape index (κ1) is 10.7. The zero-order valence-corrected chi connectivity index (χ0v) is 8.29. The van der Waals surface area contributed by atoms with Gasteiger partial charge in [0, 0.05) is 0 Å². The molecule has 0 bridgehead atoms. The van der Waals surface area contributed by atoms with Crippen LogP contribution in [0, 0.1) is 0 Å². The van der Waals surface area contributed by atoms with Crippen LogP contribution in [-0.2, 0) is 0 Å². The maximum Gasteiger partial charge on any atom is 0.488 e. The van der Waals surface area contributed by atoms with Gasteiger partial charge in [-0.25, -0.2) is 4.79 Å². The second kappa shape index (κ2) is 3.96. The fourth-order valence-corrected chi connectivity index (χ4v) is 1.56. The van der Waals surface area contributed by atoms with Crippen molar-refractivity contribution in [3.63, 3.8) is 0 Å². The van der Waals surface area contributed by atoms with Crippen molar-refractivity contribution in [1.29, 1.82) is 0 Å². The van der Waals surface area contributed by atoms with E-state index in [0.29, 0.717) is 10.8 Å². The van der Waals surface area contributed by atoms with Crippen LogP contribution in [0.1, 0.15) is 10.4 Å². The van der Waals surface area contributed by atoms with Gasteiger partial charge in [-0.3, -0.25) is 0 Å². The van der Waals surface area contributed by atoms with Gasteiger partial charge >= 0.3 is 13.1 Å². The molecule has 0 radical (unpaired) electrons. The van der Waals surface area contributed by atoms with Crippen molar-refractivity contribution in [2.75, 3.05) is 0 Å². The molecule has 0 spiro atoms. The molecule has 4 nitrogen and oxygen atoms in total. The summed E-state index contributed by atoms with van der Waals surface area (Å²) in [5, 5.41) is 28.4. The Morgan fingerprint density at radius 2 is 1.69 bits per heavy atom.